The third-order valence-corrected chi connectivity index (χ3v) is 3.95. The van der Waals surface area contributed by atoms with Gasteiger partial charge in [0, 0.05) is 0 Å². The monoisotopic (exact) mass is 297 g/mol. The quantitative estimate of drug-likeness (QED) is 0.890. The summed E-state index contributed by atoms with van der Waals surface area (Å²) in [6, 6.07) is 8.97. The number of aromatic nitrogens is 3. The molecule has 22 heavy (non-hydrogen) atoms. The van der Waals surface area contributed by atoms with E-state index in [1.54, 1.807) is 31.2 Å². The molecule has 3 rings (SSSR count). The summed E-state index contributed by atoms with van der Waals surface area (Å²) in [6.45, 7) is 1.46. The second-order valence-corrected chi connectivity index (χ2v) is 5.71. The van der Waals surface area contributed by atoms with Crippen LogP contribution in [0.3, 0.4) is 0 Å². The van der Waals surface area contributed by atoms with Crippen LogP contribution in [-0.2, 0) is 11.3 Å². The molecule has 0 bridgehead atoms. The number of rotatable bonds is 4. The summed E-state index contributed by atoms with van der Waals surface area (Å²) in [5, 5.41) is 20.1. The van der Waals surface area contributed by atoms with Gasteiger partial charge in [-0.2, -0.15) is 5.26 Å². The number of benzene rings is 1. The van der Waals surface area contributed by atoms with E-state index in [9.17, 15) is 14.9 Å². The molecule has 1 aliphatic rings. The molecular formula is C15H15N5O2. The lowest BCUT2D eigenvalue weighted by Crippen LogP contribution is -2.48. The second-order valence-electron chi connectivity index (χ2n) is 5.71. The average Bonchev–Trinajstić information content (AvgIpc) is 3.35. The van der Waals surface area contributed by atoms with Gasteiger partial charge in [0.1, 0.15) is 17.6 Å². The summed E-state index contributed by atoms with van der Waals surface area (Å²) in [7, 11) is 0. The molecular weight excluding hydrogens is 282 g/mol. The Morgan fingerprint density at radius 3 is 2.91 bits per heavy atom. The maximum absolute atomic E-state index is 12.3. The fraction of sp³-hybridized carbons (Fsp3) is 0.400. The first kappa shape index (κ1) is 14.2. The maximum Gasteiger partial charge on any atom is 0.278 e. The van der Waals surface area contributed by atoms with Gasteiger partial charge >= 0.3 is 0 Å². The van der Waals surface area contributed by atoms with E-state index in [1.807, 2.05) is 0 Å². The zero-order chi connectivity index (χ0) is 15.7. The SMILES string of the molecule is C[C@](C#N)(NC(=O)Cn1nnc2ccccc2c1=O)C1CC1. The Morgan fingerprint density at radius 2 is 2.23 bits per heavy atom. The molecule has 0 radical (unpaired) electrons. The normalized spacial score (nSPS) is 16.7. The zero-order valence-corrected chi connectivity index (χ0v) is 12.1. The fourth-order valence-corrected chi connectivity index (χ4v) is 2.47. The fourth-order valence-electron chi connectivity index (χ4n) is 2.47. The van der Waals surface area contributed by atoms with Gasteiger partial charge < -0.3 is 5.32 Å². The number of carbonyl (C=O) groups excluding carboxylic acids is 1. The molecule has 0 spiro atoms. The van der Waals surface area contributed by atoms with Gasteiger partial charge in [0.25, 0.3) is 5.56 Å². The van der Waals surface area contributed by atoms with E-state index >= 15 is 0 Å². The lowest BCUT2D eigenvalue weighted by molar-refractivity contribution is -0.123. The Labute approximate surface area is 126 Å². The number of hydrogen-bond acceptors (Lipinski definition) is 5. The second kappa shape index (κ2) is 5.22. The van der Waals surface area contributed by atoms with Crippen molar-refractivity contribution in [3.8, 4) is 6.07 Å². The van der Waals surface area contributed by atoms with Gasteiger partial charge in [-0.1, -0.05) is 17.3 Å². The molecule has 1 aromatic heterocycles. The average molecular weight is 297 g/mol. The molecule has 1 fully saturated rings. The molecule has 2 aromatic rings. The van der Waals surface area contributed by atoms with Gasteiger partial charge in [0.05, 0.1) is 11.5 Å². The zero-order valence-electron chi connectivity index (χ0n) is 12.1. The van der Waals surface area contributed by atoms with Crippen LogP contribution in [0.1, 0.15) is 19.8 Å². The summed E-state index contributed by atoms with van der Waals surface area (Å²) in [4.78, 5) is 24.4. The van der Waals surface area contributed by atoms with E-state index in [0.29, 0.717) is 10.9 Å². The van der Waals surface area contributed by atoms with Crippen molar-refractivity contribution in [3.63, 3.8) is 0 Å². The van der Waals surface area contributed by atoms with Crippen molar-refractivity contribution in [1.82, 2.24) is 20.3 Å². The Morgan fingerprint density at radius 1 is 1.50 bits per heavy atom. The number of fused-ring (bicyclic) bond motifs is 1. The van der Waals surface area contributed by atoms with Crippen molar-refractivity contribution < 1.29 is 4.79 Å². The molecule has 0 unspecified atom stereocenters. The van der Waals surface area contributed by atoms with Crippen LogP contribution >= 0.6 is 0 Å². The van der Waals surface area contributed by atoms with E-state index in [2.05, 4.69) is 21.7 Å². The number of hydrogen-bond donors (Lipinski definition) is 1. The smallest absolute Gasteiger partial charge is 0.278 e. The van der Waals surface area contributed by atoms with Crippen molar-refractivity contribution in [2.24, 2.45) is 5.92 Å². The van der Waals surface area contributed by atoms with Crippen LogP contribution in [-0.4, -0.2) is 26.4 Å². The van der Waals surface area contributed by atoms with E-state index in [-0.39, 0.29) is 18.0 Å². The summed E-state index contributed by atoms with van der Waals surface area (Å²) >= 11 is 0. The van der Waals surface area contributed by atoms with E-state index in [4.69, 9.17) is 0 Å². The van der Waals surface area contributed by atoms with Crippen molar-refractivity contribution in [3.05, 3.63) is 34.6 Å². The standard InChI is InChI=1S/C15H15N5O2/c1-15(9-16,10-6-7-10)17-13(21)8-20-14(22)11-4-2-3-5-12(11)18-19-20/h2-5,10H,6-8H2,1H3,(H,17,21)/t15-/m1/s1. The first-order valence-electron chi connectivity index (χ1n) is 7.08. The van der Waals surface area contributed by atoms with Gasteiger partial charge in [0.15, 0.2) is 0 Å². The predicted molar refractivity (Wildman–Crippen MR) is 78.7 cm³/mol. The lowest BCUT2D eigenvalue weighted by Gasteiger charge is -2.22. The molecule has 7 nitrogen and oxygen atoms in total. The van der Waals surface area contributed by atoms with Crippen molar-refractivity contribution in [1.29, 1.82) is 5.26 Å². The van der Waals surface area contributed by atoms with Gasteiger partial charge in [-0.15, -0.1) is 5.10 Å². The van der Waals surface area contributed by atoms with Crippen LogP contribution < -0.4 is 10.9 Å². The summed E-state index contributed by atoms with van der Waals surface area (Å²) in [5.74, 6) is -0.233. The van der Waals surface area contributed by atoms with Crippen LogP contribution in [0, 0.1) is 17.2 Å². The molecule has 0 saturated heterocycles. The minimum absolute atomic E-state index is 0.181. The first-order valence-corrected chi connectivity index (χ1v) is 7.08. The van der Waals surface area contributed by atoms with Crippen molar-refractivity contribution in [2.45, 2.75) is 31.8 Å². The molecule has 7 heteroatoms. The minimum atomic E-state index is -0.884. The first-order chi connectivity index (χ1) is 10.5. The molecule has 0 aliphatic heterocycles. The Balaban J connectivity index is 1.81. The number of nitrogens with one attached hydrogen (secondary N) is 1. The highest BCUT2D eigenvalue weighted by Gasteiger charge is 2.43. The highest BCUT2D eigenvalue weighted by molar-refractivity contribution is 5.79. The van der Waals surface area contributed by atoms with Crippen LogP contribution in [0.4, 0.5) is 0 Å². The van der Waals surface area contributed by atoms with E-state index in [0.717, 1.165) is 17.5 Å². The number of amides is 1. The largest absolute Gasteiger partial charge is 0.336 e. The molecule has 1 amide bonds. The highest BCUT2D eigenvalue weighted by atomic mass is 16.2. The molecule has 1 aromatic carbocycles. The Kier molecular flexibility index (Phi) is 3.37. The summed E-state index contributed by atoms with van der Waals surface area (Å²) in [5.41, 5.74) is -0.764. The van der Waals surface area contributed by atoms with Gasteiger partial charge in [-0.3, -0.25) is 9.59 Å². The molecule has 1 atom stereocenters. The molecule has 112 valence electrons. The highest BCUT2D eigenvalue weighted by Crippen LogP contribution is 2.39. The van der Waals surface area contributed by atoms with Crippen LogP contribution in [0.15, 0.2) is 29.1 Å². The van der Waals surface area contributed by atoms with Crippen molar-refractivity contribution >= 4 is 16.8 Å². The van der Waals surface area contributed by atoms with Crippen molar-refractivity contribution in [2.75, 3.05) is 0 Å². The lowest BCUT2D eigenvalue weighted by atomic mass is 9.98. The molecule has 1 heterocycles. The van der Waals surface area contributed by atoms with Crippen LogP contribution in [0.5, 0.6) is 0 Å². The topological polar surface area (TPSA) is 101 Å². The predicted octanol–water partition coefficient (Wildman–Crippen LogP) is 0.600. The third kappa shape index (κ3) is 2.55. The van der Waals surface area contributed by atoms with Gasteiger partial charge in [-0.05, 0) is 37.8 Å². The minimum Gasteiger partial charge on any atom is -0.336 e. The van der Waals surface area contributed by atoms with Gasteiger partial charge in [-0.25, -0.2) is 4.68 Å². The number of carbonyl (C=O) groups is 1. The van der Waals surface area contributed by atoms with Gasteiger partial charge in [0.2, 0.25) is 5.91 Å². The third-order valence-electron chi connectivity index (χ3n) is 3.95. The van der Waals surface area contributed by atoms with Crippen LogP contribution in [0.25, 0.3) is 10.9 Å². The molecule has 1 saturated carbocycles. The van der Waals surface area contributed by atoms with E-state index in [1.165, 1.54) is 0 Å². The number of nitrogens with zero attached hydrogens (tertiary/aromatic N) is 4. The summed E-state index contributed by atoms with van der Waals surface area (Å²) in [6.07, 6.45) is 1.86. The molecule has 1 N–H and O–H groups in total. The Bertz CT molecular complexity index is 834. The van der Waals surface area contributed by atoms with Crippen LogP contribution in [0.2, 0.25) is 0 Å². The maximum atomic E-state index is 12.3. The molecule has 1 aliphatic carbocycles. The Hall–Kier alpha value is -2.75. The summed E-state index contributed by atoms with van der Waals surface area (Å²) < 4.78 is 1.02. The van der Waals surface area contributed by atoms with E-state index < -0.39 is 11.4 Å². The number of nitriles is 1.